The highest BCUT2D eigenvalue weighted by atomic mass is 35.5. The predicted octanol–water partition coefficient (Wildman–Crippen LogP) is 1.90. The van der Waals surface area contributed by atoms with E-state index < -0.39 is 10.0 Å². The first kappa shape index (κ1) is 21.8. The molecule has 10 heteroatoms. The van der Waals surface area contributed by atoms with Crippen molar-refractivity contribution in [2.75, 3.05) is 37.7 Å². The SMILES string of the molecule is O=C(N[C@H]1CC(=O)N(c2ccc(Cl)cc2)C1)c1ccc(S(=O)(=O)N2CCOCC2)cc1. The molecular weight excluding hydrogens is 442 g/mol. The van der Waals surface area contributed by atoms with E-state index in [1.807, 2.05) is 0 Å². The van der Waals surface area contributed by atoms with Crippen LogP contribution < -0.4 is 10.2 Å². The lowest BCUT2D eigenvalue weighted by Crippen LogP contribution is -2.40. The van der Waals surface area contributed by atoms with E-state index in [0.717, 1.165) is 5.69 Å². The van der Waals surface area contributed by atoms with Crippen LogP contribution in [0.25, 0.3) is 0 Å². The molecule has 2 aliphatic heterocycles. The van der Waals surface area contributed by atoms with Crippen LogP contribution in [0.2, 0.25) is 5.02 Å². The van der Waals surface area contributed by atoms with Gasteiger partial charge in [-0.05, 0) is 48.5 Å². The highest BCUT2D eigenvalue weighted by molar-refractivity contribution is 7.89. The van der Waals surface area contributed by atoms with Gasteiger partial charge in [-0.1, -0.05) is 11.6 Å². The normalized spacial score (nSPS) is 20.1. The van der Waals surface area contributed by atoms with Gasteiger partial charge in [0.1, 0.15) is 0 Å². The van der Waals surface area contributed by atoms with Gasteiger partial charge in [0, 0.05) is 42.3 Å². The number of sulfonamides is 1. The fraction of sp³-hybridized carbons (Fsp3) is 0.333. The van der Waals surface area contributed by atoms with Crippen molar-refractivity contribution in [3.63, 3.8) is 0 Å². The maximum absolute atomic E-state index is 12.7. The van der Waals surface area contributed by atoms with Gasteiger partial charge in [-0.2, -0.15) is 4.31 Å². The summed E-state index contributed by atoms with van der Waals surface area (Å²) < 4.78 is 32.0. The quantitative estimate of drug-likeness (QED) is 0.730. The molecule has 2 aliphatic rings. The van der Waals surface area contributed by atoms with E-state index in [9.17, 15) is 18.0 Å². The molecule has 0 spiro atoms. The number of hydrogen-bond acceptors (Lipinski definition) is 5. The lowest BCUT2D eigenvalue weighted by atomic mass is 10.2. The van der Waals surface area contributed by atoms with Crippen LogP contribution >= 0.6 is 11.6 Å². The lowest BCUT2D eigenvalue weighted by molar-refractivity contribution is -0.117. The lowest BCUT2D eigenvalue weighted by Gasteiger charge is -2.26. The van der Waals surface area contributed by atoms with Crippen LogP contribution in [0.15, 0.2) is 53.4 Å². The van der Waals surface area contributed by atoms with Gasteiger partial charge in [0.2, 0.25) is 15.9 Å². The number of hydrogen-bond donors (Lipinski definition) is 1. The third-order valence-corrected chi connectivity index (χ3v) is 7.49. The Labute approximate surface area is 185 Å². The number of nitrogens with zero attached hydrogens (tertiary/aromatic N) is 2. The van der Waals surface area contributed by atoms with Crippen molar-refractivity contribution in [2.24, 2.45) is 0 Å². The van der Waals surface area contributed by atoms with Crippen molar-refractivity contribution < 1.29 is 22.7 Å². The molecule has 1 atom stereocenters. The van der Waals surface area contributed by atoms with Gasteiger partial charge in [-0.15, -0.1) is 0 Å². The minimum Gasteiger partial charge on any atom is -0.379 e. The van der Waals surface area contributed by atoms with Gasteiger partial charge >= 0.3 is 0 Å². The third kappa shape index (κ3) is 4.74. The van der Waals surface area contributed by atoms with Gasteiger partial charge in [0.05, 0.1) is 24.2 Å². The zero-order valence-electron chi connectivity index (χ0n) is 16.7. The second-order valence-corrected chi connectivity index (χ2v) is 9.77. The Balaban J connectivity index is 1.40. The number of ether oxygens (including phenoxy) is 1. The molecule has 2 aromatic carbocycles. The smallest absolute Gasteiger partial charge is 0.251 e. The van der Waals surface area contributed by atoms with Crippen molar-refractivity contribution >= 4 is 39.1 Å². The van der Waals surface area contributed by atoms with E-state index in [1.165, 1.54) is 28.6 Å². The highest BCUT2D eigenvalue weighted by Crippen LogP contribution is 2.24. The maximum Gasteiger partial charge on any atom is 0.251 e. The zero-order valence-corrected chi connectivity index (χ0v) is 18.2. The Morgan fingerprint density at radius 1 is 1.03 bits per heavy atom. The number of nitrogens with one attached hydrogen (secondary N) is 1. The number of rotatable bonds is 5. The Morgan fingerprint density at radius 3 is 2.32 bits per heavy atom. The molecule has 0 unspecified atom stereocenters. The van der Waals surface area contributed by atoms with E-state index in [1.54, 1.807) is 29.2 Å². The Hall–Kier alpha value is -2.46. The summed E-state index contributed by atoms with van der Waals surface area (Å²) in [6.07, 6.45) is 0.192. The second kappa shape index (κ2) is 8.96. The molecule has 2 fully saturated rings. The van der Waals surface area contributed by atoms with Gasteiger partial charge in [0.25, 0.3) is 5.91 Å². The molecule has 0 radical (unpaired) electrons. The summed E-state index contributed by atoms with van der Waals surface area (Å²) in [5.41, 5.74) is 1.06. The van der Waals surface area contributed by atoms with Crippen LogP contribution in [-0.4, -0.2) is 63.4 Å². The van der Waals surface area contributed by atoms with Crippen LogP contribution in [0, 0.1) is 0 Å². The molecule has 1 N–H and O–H groups in total. The number of anilines is 1. The summed E-state index contributed by atoms with van der Waals surface area (Å²) in [5.74, 6) is -0.439. The first-order valence-corrected chi connectivity index (χ1v) is 11.7. The van der Waals surface area contributed by atoms with Gasteiger partial charge in [0.15, 0.2) is 0 Å². The first-order chi connectivity index (χ1) is 14.8. The minimum atomic E-state index is -3.61. The number of carbonyl (C=O) groups excluding carboxylic acids is 2. The minimum absolute atomic E-state index is 0.0837. The van der Waals surface area contributed by atoms with Crippen LogP contribution in [0.4, 0.5) is 5.69 Å². The summed E-state index contributed by atoms with van der Waals surface area (Å²) in [4.78, 5) is 26.7. The van der Waals surface area contributed by atoms with E-state index in [4.69, 9.17) is 16.3 Å². The van der Waals surface area contributed by atoms with Crippen LogP contribution in [0.3, 0.4) is 0 Å². The van der Waals surface area contributed by atoms with Crippen molar-refractivity contribution in [1.82, 2.24) is 9.62 Å². The third-order valence-electron chi connectivity index (χ3n) is 5.32. The van der Waals surface area contributed by atoms with Crippen molar-refractivity contribution in [2.45, 2.75) is 17.4 Å². The molecule has 31 heavy (non-hydrogen) atoms. The second-order valence-electron chi connectivity index (χ2n) is 7.40. The van der Waals surface area contributed by atoms with E-state index in [-0.39, 0.29) is 29.2 Å². The van der Waals surface area contributed by atoms with E-state index >= 15 is 0 Å². The fourth-order valence-corrected chi connectivity index (χ4v) is 5.19. The molecule has 2 heterocycles. The zero-order chi connectivity index (χ0) is 22.0. The number of morpholine rings is 1. The molecule has 2 saturated heterocycles. The molecular formula is C21H22ClN3O5S. The van der Waals surface area contributed by atoms with Gasteiger partial charge < -0.3 is 15.0 Å². The van der Waals surface area contributed by atoms with Crippen LogP contribution in [0.1, 0.15) is 16.8 Å². The van der Waals surface area contributed by atoms with E-state index in [2.05, 4.69) is 5.32 Å². The molecule has 8 nitrogen and oxygen atoms in total. The van der Waals surface area contributed by atoms with Crippen LogP contribution in [0.5, 0.6) is 0 Å². The standard InChI is InChI=1S/C21H22ClN3O5S/c22-16-3-5-18(6-4-16)25-14-17(13-20(25)26)23-21(27)15-1-7-19(8-2-15)31(28,29)24-9-11-30-12-10-24/h1-8,17H,9-14H2,(H,23,27)/t17-/m0/s1. The summed E-state index contributed by atoms with van der Waals surface area (Å²) in [6, 6.07) is 12.4. The van der Waals surface area contributed by atoms with E-state index in [0.29, 0.717) is 43.4 Å². The number of benzene rings is 2. The maximum atomic E-state index is 12.7. The molecule has 0 saturated carbocycles. The number of amides is 2. The molecule has 4 rings (SSSR count). The summed E-state index contributed by atoms with van der Waals surface area (Å²) in [5, 5.41) is 3.44. The average Bonchev–Trinajstić information content (AvgIpc) is 3.14. The number of halogens is 1. The molecule has 164 valence electrons. The van der Waals surface area contributed by atoms with Crippen molar-refractivity contribution in [3.8, 4) is 0 Å². The van der Waals surface area contributed by atoms with Crippen molar-refractivity contribution in [1.29, 1.82) is 0 Å². The van der Waals surface area contributed by atoms with Gasteiger partial charge in [-0.25, -0.2) is 8.42 Å². The molecule has 0 aromatic heterocycles. The monoisotopic (exact) mass is 463 g/mol. The predicted molar refractivity (Wildman–Crippen MR) is 116 cm³/mol. The summed E-state index contributed by atoms with van der Waals surface area (Å²) in [6.45, 7) is 1.71. The molecule has 0 aliphatic carbocycles. The Kier molecular flexibility index (Phi) is 6.29. The van der Waals surface area contributed by atoms with Gasteiger partial charge in [-0.3, -0.25) is 9.59 Å². The Bertz CT molecular complexity index is 1070. The van der Waals surface area contributed by atoms with Crippen molar-refractivity contribution in [3.05, 3.63) is 59.1 Å². The molecule has 2 amide bonds. The summed E-state index contributed by atoms with van der Waals surface area (Å²) >= 11 is 5.90. The topological polar surface area (TPSA) is 96.0 Å². The largest absolute Gasteiger partial charge is 0.379 e. The van der Waals surface area contributed by atoms with Crippen LogP contribution in [-0.2, 0) is 19.6 Å². The fourth-order valence-electron chi connectivity index (χ4n) is 3.66. The Morgan fingerprint density at radius 2 is 1.68 bits per heavy atom. The molecule has 0 bridgehead atoms. The summed E-state index contributed by atoms with van der Waals surface area (Å²) in [7, 11) is -3.61. The molecule has 2 aromatic rings. The number of carbonyl (C=O) groups is 2. The highest BCUT2D eigenvalue weighted by Gasteiger charge is 2.32. The first-order valence-electron chi connectivity index (χ1n) is 9.89. The average molecular weight is 464 g/mol.